The zero-order valence-electron chi connectivity index (χ0n) is 10.3. The summed E-state index contributed by atoms with van der Waals surface area (Å²) in [7, 11) is 0. The summed E-state index contributed by atoms with van der Waals surface area (Å²) in [5.74, 6) is 0. The maximum absolute atomic E-state index is 5.89. The molecule has 1 aliphatic heterocycles. The van der Waals surface area contributed by atoms with Crippen molar-refractivity contribution in [3.8, 4) is 0 Å². The van der Waals surface area contributed by atoms with Gasteiger partial charge in [-0.15, -0.1) is 12.4 Å². The Morgan fingerprint density at radius 1 is 1.33 bits per heavy atom. The molecule has 1 fully saturated rings. The second kappa shape index (κ2) is 8.64. The van der Waals surface area contributed by atoms with Crippen LogP contribution in [0, 0.1) is 0 Å². The number of hydrogen-bond donors (Lipinski definition) is 1. The fourth-order valence-electron chi connectivity index (χ4n) is 2.01. The number of hydrogen-bond acceptors (Lipinski definition) is 4. The maximum atomic E-state index is 5.89. The Morgan fingerprint density at radius 2 is 2.17 bits per heavy atom. The molecule has 2 heterocycles. The maximum Gasteiger partial charge on any atom is 0.152 e. The van der Waals surface area contributed by atoms with Crippen LogP contribution >= 0.6 is 24.0 Å². The van der Waals surface area contributed by atoms with Gasteiger partial charge >= 0.3 is 0 Å². The van der Waals surface area contributed by atoms with Gasteiger partial charge in [0.1, 0.15) is 5.69 Å². The van der Waals surface area contributed by atoms with Crippen LogP contribution in [0.4, 0.5) is 0 Å². The molecule has 0 radical (unpaired) electrons. The van der Waals surface area contributed by atoms with Gasteiger partial charge in [-0.05, 0) is 25.8 Å². The zero-order valence-corrected chi connectivity index (χ0v) is 11.8. The Kier molecular flexibility index (Phi) is 7.51. The molecule has 1 aromatic heterocycles. The molecule has 0 aliphatic carbocycles. The van der Waals surface area contributed by atoms with Crippen LogP contribution in [0.2, 0.25) is 5.15 Å². The van der Waals surface area contributed by atoms with Gasteiger partial charge in [0, 0.05) is 25.0 Å². The van der Waals surface area contributed by atoms with Crippen molar-refractivity contribution in [2.75, 3.05) is 13.2 Å². The third-order valence-corrected chi connectivity index (χ3v) is 3.30. The van der Waals surface area contributed by atoms with Crippen LogP contribution in [-0.4, -0.2) is 29.2 Å². The molecule has 2 rings (SSSR count). The van der Waals surface area contributed by atoms with Crippen molar-refractivity contribution in [3.05, 3.63) is 23.2 Å². The molecule has 102 valence electrons. The Bertz CT molecular complexity index is 346. The molecular formula is C12H19Cl2N3O. The first-order valence-corrected chi connectivity index (χ1v) is 6.50. The van der Waals surface area contributed by atoms with E-state index in [4.69, 9.17) is 16.3 Å². The SMILES string of the molecule is Cl.Clc1nccnc1COCCC1CCCCN1. The van der Waals surface area contributed by atoms with Crippen molar-refractivity contribution in [2.24, 2.45) is 0 Å². The van der Waals surface area contributed by atoms with Crippen LogP contribution in [0.5, 0.6) is 0 Å². The molecule has 0 saturated carbocycles. The van der Waals surface area contributed by atoms with Crippen molar-refractivity contribution in [1.29, 1.82) is 0 Å². The Morgan fingerprint density at radius 3 is 2.89 bits per heavy atom. The van der Waals surface area contributed by atoms with Crippen LogP contribution in [0.25, 0.3) is 0 Å². The second-order valence-electron chi connectivity index (χ2n) is 4.28. The summed E-state index contributed by atoms with van der Waals surface area (Å²) in [6, 6.07) is 0.612. The summed E-state index contributed by atoms with van der Waals surface area (Å²) < 4.78 is 5.58. The van der Waals surface area contributed by atoms with Crippen LogP contribution < -0.4 is 5.32 Å². The van der Waals surface area contributed by atoms with E-state index in [1.165, 1.54) is 19.3 Å². The number of rotatable bonds is 5. The summed E-state index contributed by atoms with van der Waals surface area (Å²) in [4.78, 5) is 8.09. The van der Waals surface area contributed by atoms with E-state index in [9.17, 15) is 0 Å². The number of piperidine rings is 1. The van der Waals surface area contributed by atoms with Crippen molar-refractivity contribution in [3.63, 3.8) is 0 Å². The third-order valence-electron chi connectivity index (χ3n) is 2.98. The monoisotopic (exact) mass is 291 g/mol. The number of nitrogens with one attached hydrogen (secondary N) is 1. The predicted octanol–water partition coefficient (Wildman–Crippen LogP) is 2.60. The van der Waals surface area contributed by atoms with Crippen LogP contribution in [0.3, 0.4) is 0 Å². The standard InChI is InChI=1S/C12H18ClN3O.ClH/c13-12-11(15-6-7-16-12)9-17-8-4-10-3-1-2-5-14-10;/h6-7,10,14H,1-5,8-9H2;1H. The fraction of sp³-hybridized carbons (Fsp3) is 0.667. The third kappa shape index (κ3) is 5.06. The highest BCUT2D eigenvalue weighted by Gasteiger charge is 2.12. The number of ether oxygens (including phenoxy) is 1. The van der Waals surface area contributed by atoms with Crippen molar-refractivity contribution < 1.29 is 4.74 Å². The van der Waals surface area contributed by atoms with Gasteiger partial charge in [0.05, 0.1) is 6.61 Å². The summed E-state index contributed by atoms with van der Waals surface area (Å²) in [6.45, 7) is 2.32. The second-order valence-corrected chi connectivity index (χ2v) is 4.64. The largest absolute Gasteiger partial charge is 0.375 e. The van der Waals surface area contributed by atoms with E-state index in [1.54, 1.807) is 12.4 Å². The highest BCUT2D eigenvalue weighted by Crippen LogP contribution is 2.12. The highest BCUT2D eigenvalue weighted by atomic mass is 35.5. The van der Waals surface area contributed by atoms with Crippen LogP contribution in [0.1, 0.15) is 31.4 Å². The molecule has 18 heavy (non-hydrogen) atoms. The minimum Gasteiger partial charge on any atom is -0.375 e. The molecule has 1 saturated heterocycles. The summed E-state index contributed by atoms with van der Waals surface area (Å²) in [5.41, 5.74) is 0.714. The van der Waals surface area contributed by atoms with E-state index >= 15 is 0 Å². The zero-order chi connectivity index (χ0) is 11.9. The Balaban J connectivity index is 0.00000162. The number of nitrogens with zero attached hydrogens (tertiary/aromatic N) is 2. The lowest BCUT2D eigenvalue weighted by atomic mass is 10.0. The van der Waals surface area contributed by atoms with E-state index in [2.05, 4.69) is 15.3 Å². The van der Waals surface area contributed by atoms with Crippen molar-refractivity contribution in [1.82, 2.24) is 15.3 Å². The van der Waals surface area contributed by atoms with Crippen molar-refractivity contribution >= 4 is 24.0 Å². The molecule has 0 bridgehead atoms. The lowest BCUT2D eigenvalue weighted by molar-refractivity contribution is 0.106. The van der Waals surface area contributed by atoms with Gasteiger partial charge in [-0.2, -0.15) is 0 Å². The van der Waals surface area contributed by atoms with E-state index in [-0.39, 0.29) is 12.4 Å². The number of halogens is 2. The summed E-state index contributed by atoms with van der Waals surface area (Å²) in [5, 5.41) is 3.93. The molecule has 1 unspecified atom stereocenters. The van der Waals surface area contributed by atoms with E-state index in [0.717, 1.165) is 19.6 Å². The highest BCUT2D eigenvalue weighted by molar-refractivity contribution is 6.29. The first kappa shape index (κ1) is 15.6. The molecule has 0 spiro atoms. The summed E-state index contributed by atoms with van der Waals surface area (Å²) in [6.07, 6.45) is 8.15. The lowest BCUT2D eigenvalue weighted by Gasteiger charge is -2.23. The quantitative estimate of drug-likeness (QED) is 0.847. The molecule has 0 aromatic carbocycles. The normalized spacial score (nSPS) is 19.3. The minimum atomic E-state index is 0. The van der Waals surface area contributed by atoms with Gasteiger partial charge in [-0.3, -0.25) is 4.98 Å². The molecule has 1 atom stereocenters. The molecule has 1 aromatic rings. The summed E-state index contributed by atoms with van der Waals surface area (Å²) >= 11 is 5.89. The molecule has 1 aliphatic rings. The van der Waals surface area contributed by atoms with Crippen molar-refractivity contribution in [2.45, 2.75) is 38.3 Å². The van der Waals surface area contributed by atoms with E-state index in [0.29, 0.717) is 23.5 Å². The predicted molar refractivity (Wildman–Crippen MR) is 74.2 cm³/mol. The van der Waals surface area contributed by atoms with Gasteiger partial charge in [0.25, 0.3) is 0 Å². The minimum absolute atomic E-state index is 0. The topological polar surface area (TPSA) is 47.0 Å². The Hall–Kier alpha value is -0.420. The molecular weight excluding hydrogens is 273 g/mol. The fourth-order valence-corrected chi connectivity index (χ4v) is 2.17. The van der Waals surface area contributed by atoms with Gasteiger partial charge in [-0.1, -0.05) is 18.0 Å². The van der Waals surface area contributed by atoms with Gasteiger partial charge in [0.15, 0.2) is 5.15 Å². The number of aromatic nitrogens is 2. The molecule has 4 nitrogen and oxygen atoms in total. The Labute approximate surface area is 119 Å². The average molecular weight is 292 g/mol. The van der Waals surface area contributed by atoms with Gasteiger partial charge in [0.2, 0.25) is 0 Å². The lowest BCUT2D eigenvalue weighted by Crippen LogP contribution is -2.34. The van der Waals surface area contributed by atoms with Gasteiger partial charge < -0.3 is 10.1 Å². The first-order valence-electron chi connectivity index (χ1n) is 6.13. The smallest absolute Gasteiger partial charge is 0.152 e. The van der Waals surface area contributed by atoms with E-state index in [1.807, 2.05) is 0 Å². The van der Waals surface area contributed by atoms with Crippen LogP contribution in [0.15, 0.2) is 12.4 Å². The van der Waals surface area contributed by atoms with Crippen LogP contribution in [-0.2, 0) is 11.3 Å². The van der Waals surface area contributed by atoms with E-state index < -0.39 is 0 Å². The van der Waals surface area contributed by atoms with Gasteiger partial charge in [-0.25, -0.2) is 4.98 Å². The first-order chi connectivity index (χ1) is 8.36. The molecule has 6 heteroatoms. The molecule has 1 N–H and O–H groups in total. The molecule has 0 amide bonds. The average Bonchev–Trinajstić information content (AvgIpc) is 2.38.